The molecule has 4 heteroatoms. The maximum Gasteiger partial charge on any atom is 0.242 e. The van der Waals surface area contributed by atoms with Crippen LogP contribution in [0.25, 0.3) is 0 Å². The number of likely N-dealkylation sites (N-methyl/N-ethyl adjacent to an activating group) is 1. The van der Waals surface area contributed by atoms with Crippen LogP contribution in [0.3, 0.4) is 0 Å². The lowest BCUT2D eigenvalue weighted by Gasteiger charge is -2.16. The second kappa shape index (κ2) is 6.00. The summed E-state index contributed by atoms with van der Waals surface area (Å²) in [6, 6.07) is 7.24. The number of hydrogen-bond donors (Lipinski definition) is 2. The van der Waals surface area contributed by atoms with Crippen molar-refractivity contribution in [2.45, 2.75) is 19.9 Å². The summed E-state index contributed by atoms with van der Waals surface area (Å²) in [5.41, 5.74) is 0.823. The predicted molar refractivity (Wildman–Crippen MR) is 64.8 cm³/mol. The first-order chi connectivity index (χ1) is 7.69. The van der Waals surface area contributed by atoms with Gasteiger partial charge in [0.05, 0.1) is 12.8 Å². The Morgan fingerprint density at radius 1 is 1.44 bits per heavy atom. The molecule has 0 aliphatic rings. The molecule has 1 unspecified atom stereocenters. The SMILES string of the molecule is CCNC(=O)C(C)Nc1ccccc1OC. The summed E-state index contributed by atoms with van der Waals surface area (Å²) in [7, 11) is 1.61. The zero-order chi connectivity index (χ0) is 12.0. The number of carbonyl (C=O) groups is 1. The van der Waals surface area contributed by atoms with Gasteiger partial charge in [-0.15, -0.1) is 0 Å². The van der Waals surface area contributed by atoms with E-state index in [0.29, 0.717) is 6.54 Å². The highest BCUT2D eigenvalue weighted by atomic mass is 16.5. The molecule has 0 aromatic heterocycles. The summed E-state index contributed by atoms with van der Waals surface area (Å²) in [6.07, 6.45) is 0. The Balaban J connectivity index is 2.68. The maximum atomic E-state index is 11.5. The number of methoxy groups -OCH3 is 1. The highest BCUT2D eigenvalue weighted by Crippen LogP contribution is 2.23. The van der Waals surface area contributed by atoms with Gasteiger partial charge in [-0.2, -0.15) is 0 Å². The summed E-state index contributed by atoms with van der Waals surface area (Å²) < 4.78 is 5.19. The number of nitrogens with one attached hydrogen (secondary N) is 2. The van der Waals surface area contributed by atoms with Crippen LogP contribution < -0.4 is 15.4 Å². The Kier molecular flexibility index (Phi) is 4.64. The van der Waals surface area contributed by atoms with Crippen LogP contribution in [0, 0.1) is 0 Å². The van der Waals surface area contributed by atoms with Crippen LogP contribution in [0.5, 0.6) is 5.75 Å². The van der Waals surface area contributed by atoms with Crippen LogP contribution in [-0.4, -0.2) is 25.6 Å². The Labute approximate surface area is 96.0 Å². The Morgan fingerprint density at radius 3 is 2.75 bits per heavy atom. The van der Waals surface area contributed by atoms with Crippen molar-refractivity contribution in [1.29, 1.82) is 0 Å². The number of benzene rings is 1. The second-order valence-electron chi connectivity index (χ2n) is 3.46. The molecule has 1 aromatic carbocycles. The summed E-state index contributed by atoms with van der Waals surface area (Å²) in [6.45, 7) is 4.35. The number of para-hydroxylation sites is 2. The van der Waals surface area contributed by atoms with E-state index in [0.717, 1.165) is 11.4 Å². The van der Waals surface area contributed by atoms with Gasteiger partial charge in [-0.1, -0.05) is 12.1 Å². The van der Waals surface area contributed by atoms with Crippen LogP contribution in [0.1, 0.15) is 13.8 Å². The van der Waals surface area contributed by atoms with Gasteiger partial charge in [0.2, 0.25) is 5.91 Å². The van der Waals surface area contributed by atoms with Crippen LogP contribution in [-0.2, 0) is 4.79 Å². The van der Waals surface area contributed by atoms with Crippen molar-refractivity contribution in [2.24, 2.45) is 0 Å². The molecular weight excluding hydrogens is 204 g/mol. The van der Waals surface area contributed by atoms with Crippen molar-refractivity contribution >= 4 is 11.6 Å². The van der Waals surface area contributed by atoms with Gasteiger partial charge in [0.25, 0.3) is 0 Å². The van der Waals surface area contributed by atoms with E-state index in [-0.39, 0.29) is 11.9 Å². The van der Waals surface area contributed by atoms with Gasteiger partial charge in [-0.25, -0.2) is 0 Å². The predicted octanol–water partition coefficient (Wildman–Crippen LogP) is 1.63. The molecule has 0 spiro atoms. The van der Waals surface area contributed by atoms with E-state index in [1.54, 1.807) is 7.11 Å². The zero-order valence-electron chi connectivity index (χ0n) is 9.91. The van der Waals surface area contributed by atoms with E-state index >= 15 is 0 Å². The van der Waals surface area contributed by atoms with Gasteiger partial charge in [-0.05, 0) is 26.0 Å². The third kappa shape index (κ3) is 3.15. The Morgan fingerprint density at radius 2 is 2.12 bits per heavy atom. The quantitative estimate of drug-likeness (QED) is 0.796. The molecule has 0 saturated carbocycles. The van der Waals surface area contributed by atoms with Gasteiger partial charge in [0.15, 0.2) is 0 Å². The molecule has 0 aliphatic heterocycles. The molecule has 88 valence electrons. The fraction of sp³-hybridized carbons (Fsp3) is 0.417. The fourth-order valence-electron chi connectivity index (χ4n) is 1.39. The minimum Gasteiger partial charge on any atom is -0.495 e. The van der Waals surface area contributed by atoms with Crippen molar-refractivity contribution in [3.05, 3.63) is 24.3 Å². The number of amides is 1. The zero-order valence-corrected chi connectivity index (χ0v) is 9.91. The van der Waals surface area contributed by atoms with E-state index in [1.165, 1.54) is 0 Å². The first kappa shape index (κ1) is 12.4. The Hall–Kier alpha value is -1.71. The lowest BCUT2D eigenvalue weighted by molar-refractivity contribution is -0.121. The number of carbonyl (C=O) groups excluding carboxylic acids is 1. The maximum absolute atomic E-state index is 11.5. The molecule has 1 aromatic rings. The summed E-state index contributed by atoms with van der Waals surface area (Å²) in [5.74, 6) is 0.715. The highest BCUT2D eigenvalue weighted by Gasteiger charge is 2.12. The average Bonchev–Trinajstić information content (AvgIpc) is 2.30. The molecule has 1 amide bonds. The monoisotopic (exact) mass is 222 g/mol. The first-order valence-corrected chi connectivity index (χ1v) is 5.36. The minimum absolute atomic E-state index is 0.0200. The third-order valence-electron chi connectivity index (χ3n) is 2.22. The average molecular weight is 222 g/mol. The third-order valence-corrected chi connectivity index (χ3v) is 2.22. The first-order valence-electron chi connectivity index (χ1n) is 5.36. The van der Waals surface area contributed by atoms with E-state index < -0.39 is 0 Å². The smallest absolute Gasteiger partial charge is 0.242 e. The fourth-order valence-corrected chi connectivity index (χ4v) is 1.39. The molecule has 4 nitrogen and oxygen atoms in total. The van der Waals surface area contributed by atoms with Gasteiger partial charge >= 0.3 is 0 Å². The topological polar surface area (TPSA) is 50.4 Å². The van der Waals surface area contributed by atoms with Crippen molar-refractivity contribution < 1.29 is 9.53 Å². The lowest BCUT2D eigenvalue weighted by Crippen LogP contribution is -2.37. The summed E-state index contributed by atoms with van der Waals surface area (Å²) in [4.78, 5) is 11.5. The molecule has 0 radical (unpaired) electrons. The Bertz CT molecular complexity index is 353. The van der Waals surface area contributed by atoms with Gasteiger partial charge < -0.3 is 15.4 Å². The van der Waals surface area contributed by atoms with Crippen LogP contribution in [0.15, 0.2) is 24.3 Å². The van der Waals surface area contributed by atoms with Crippen LogP contribution >= 0.6 is 0 Å². The number of rotatable bonds is 5. The molecule has 0 fully saturated rings. The number of anilines is 1. The lowest BCUT2D eigenvalue weighted by atomic mass is 10.2. The van der Waals surface area contributed by atoms with Crippen molar-refractivity contribution in [1.82, 2.24) is 5.32 Å². The molecule has 0 saturated heterocycles. The molecule has 2 N–H and O–H groups in total. The molecule has 0 aliphatic carbocycles. The molecule has 1 rings (SSSR count). The normalized spacial score (nSPS) is 11.7. The van der Waals surface area contributed by atoms with Gasteiger partial charge in [-0.3, -0.25) is 4.79 Å². The van der Waals surface area contributed by atoms with E-state index in [4.69, 9.17) is 4.74 Å². The minimum atomic E-state index is -0.281. The van der Waals surface area contributed by atoms with Crippen molar-refractivity contribution in [3.63, 3.8) is 0 Å². The van der Waals surface area contributed by atoms with Crippen LogP contribution in [0.4, 0.5) is 5.69 Å². The number of hydrogen-bond acceptors (Lipinski definition) is 3. The molecule has 0 heterocycles. The summed E-state index contributed by atoms with van der Waals surface area (Å²) >= 11 is 0. The van der Waals surface area contributed by atoms with E-state index in [1.807, 2.05) is 38.1 Å². The van der Waals surface area contributed by atoms with Crippen molar-refractivity contribution in [3.8, 4) is 5.75 Å². The standard InChI is InChI=1S/C12H18N2O2/c1-4-13-12(15)9(2)14-10-7-5-6-8-11(10)16-3/h5-9,14H,4H2,1-3H3,(H,13,15). The highest BCUT2D eigenvalue weighted by molar-refractivity contribution is 5.84. The molecular formula is C12H18N2O2. The summed E-state index contributed by atoms with van der Waals surface area (Å²) in [5, 5.41) is 5.87. The molecule has 0 bridgehead atoms. The molecule has 1 atom stereocenters. The van der Waals surface area contributed by atoms with E-state index in [9.17, 15) is 4.79 Å². The second-order valence-corrected chi connectivity index (χ2v) is 3.46. The van der Waals surface area contributed by atoms with Crippen molar-refractivity contribution in [2.75, 3.05) is 19.0 Å². The largest absolute Gasteiger partial charge is 0.495 e. The number of ether oxygens (including phenoxy) is 1. The van der Waals surface area contributed by atoms with Gasteiger partial charge in [0.1, 0.15) is 11.8 Å². The molecule has 16 heavy (non-hydrogen) atoms. The van der Waals surface area contributed by atoms with Crippen LogP contribution in [0.2, 0.25) is 0 Å². The van der Waals surface area contributed by atoms with E-state index in [2.05, 4.69) is 10.6 Å². The van der Waals surface area contributed by atoms with Gasteiger partial charge in [0, 0.05) is 6.54 Å².